The first-order valence-corrected chi connectivity index (χ1v) is 5.23. The van der Waals surface area contributed by atoms with Gasteiger partial charge in [0, 0.05) is 6.04 Å². The Bertz CT molecular complexity index is 313. The zero-order valence-electron chi connectivity index (χ0n) is 8.22. The predicted octanol–water partition coefficient (Wildman–Crippen LogP) is 3.15. The highest BCUT2D eigenvalue weighted by Gasteiger charge is 2.17. The molecule has 0 radical (unpaired) electrons. The van der Waals surface area contributed by atoms with Crippen molar-refractivity contribution in [2.75, 3.05) is 0 Å². The van der Waals surface area contributed by atoms with Crippen molar-refractivity contribution in [2.24, 2.45) is 11.8 Å². The number of halogens is 2. The van der Waals surface area contributed by atoms with E-state index in [1.165, 1.54) is 0 Å². The second-order valence-corrected chi connectivity index (χ2v) is 4.32. The summed E-state index contributed by atoms with van der Waals surface area (Å²) in [4.78, 5) is 0. The molecule has 14 heavy (non-hydrogen) atoms. The topological polar surface area (TPSA) is 38.0 Å². The smallest absolute Gasteiger partial charge is 0.0640 e. The first-order chi connectivity index (χ1) is 6.57. The lowest BCUT2D eigenvalue weighted by Gasteiger charge is -2.21. The van der Waals surface area contributed by atoms with Crippen LogP contribution in [0.1, 0.15) is 25.5 Å². The molecule has 0 aliphatic carbocycles. The SMILES string of the molecule is CC(C)C(NN)c1cccc(Cl)c1Cl. The van der Waals surface area contributed by atoms with Crippen LogP contribution in [0, 0.1) is 5.92 Å². The zero-order chi connectivity index (χ0) is 10.7. The van der Waals surface area contributed by atoms with Gasteiger partial charge in [-0.2, -0.15) is 0 Å². The number of rotatable bonds is 3. The molecule has 0 aliphatic heterocycles. The number of hydrogen-bond donors (Lipinski definition) is 2. The van der Waals surface area contributed by atoms with Gasteiger partial charge in [-0.05, 0) is 17.5 Å². The second kappa shape index (κ2) is 4.99. The molecular formula is C10H14Cl2N2. The quantitative estimate of drug-likeness (QED) is 0.621. The Morgan fingerprint density at radius 1 is 1.29 bits per heavy atom. The number of benzene rings is 1. The molecular weight excluding hydrogens is 219 g/mol. The van der Waals surface area contributed by atoms with Crippen LogP contribution in [0.4, 0.5) is 0 Å². The summed E-state index contributed by atoms with van der Waals surface area (Å²) >= 11 is 12.0. The van der Waals surface area contributed by atoms with E-state index in [0.29, 0.717) is 16.0 Å². The summed E-state index contributed by atoms with van der Waals surface area (Å²) in [6, 6.07) is 5.59. The summed E-state index contributed by atoms with van der Waals surface area (Å²) in [6.45, 7) is 4.14. The number of nitrogens with one attached hydrogen (secondary N) is 1. The predicted molar refractivity (Wildman–Crippen MR) is 61.4 cm³/mol. The summed E-state index contributed by atoms with van der Waals surface area (Å²) in [7, 11) is 0. The molecule has 0 aliphatic rings. The molecule has 78 valence electrons. The van der Waals surface area contributed by atoms with Gasteiger partial charge in [0.25, 0.3) is 0 Å². The van der Waals surface area contributed by atoms with E-state index in [4.69, 9.17) is 29.0 Å². The summed E-state index contributed by atoms with van der Waals surface area (Å²) in [5.74, 6) is 5.83. The van der Waals surface area contributed by atoms with E-state index in [0.717, 1.165) is 5.56 Å². The van der Waals surface area contributed by atoms with Crippen LogP contribution < -0.4 is 11.3 Å². The van der Waals surface area contributed by atoms with Crippen LogP contribution in [0.25, 0.3) is 0 Å². The van der Waals surface area contributed by atoms with E-state index >= 15 is 0 Å². The molecule has 0 aromatic heterocycles. The van der Waals surface area contributed by atoms with Gasteiger partial charge >= 0.3 is 0 Å². The van der Waals surface area contributed by atoms with Gasteiger partial charge < -0.3 is 0 Å². The number of nitrogens with two attached hydrogens (primary N) is 1. The highest BCUT2D eigenvalue weighted by molar-refractivity contribution is 6.42. The fourth-order valence-corrected chi connectivity index (χ4v) is 1.83. The summed E-state index contributed by atoms with van der Waals surface area (Å²) in [5, 5.41) is 1.14. The lowest BCUT2D eigenvalue weighted by Crippen LogP contribution is -2.31. The molecule has 1 aromatic carbocycles. The average Bonchev–Trinajstić information content (AvgIpc) is 2.13. The summed E-state index contributed by atoms with van der Waals surface area (Å²) < 4.78 is 0. The van der Waals surface area contributed by atoms with Crippen molar-refractivity contribution < 1.29 is 0 Å². The minimum Gasteiger partial charge on any atom is -0.271 e. The molecule has 3 N–H and O–H groups in total. The zero-order valence-corrected chi connectivity index (χ0v) is 9.73. The van der Waals surface area contributed by atoms with E-state index in [1.807, 2.05) is 12.1 Å². The van der Waals surface area contributed by atoms with Crippen molar-refractivity contribution in [3.8, 4) is 0 Å². The van der Waals surface area contributed by atoms with E-state index < -0.39 is 0 Å². The van der Waals surface area contributed by atoms with Crippen LogP contribution in [-0.2, 0) is 0 Å². The Balaban J connectivity index is 3.10. The molecule has 1 atom stereocenters. The lowest BCUT2D eigenvalue weighted by molar-refractivity contribution is 0.421. The molecule has 0 bridgehead atoms. The Hall–Kier alpha value is -0.280. The lowest BCUT2D eigenvalue weighted by atomic mass is 9.97. The van der Waals surface area contributed by atoms with Gasteiger partial charge in [-0.25, -0.2) is 0 Å². The number of hydrogen-bond acceptors (Lipinski definition) is 2. The van der Waals surface area contributed by atoms with E-state index in [9.17, 15) is 0 Å². The first kappa shape index (κ1) is 11.8. The molecule has 0 amide bonds. The third kappa shape index (κ3) is 2.39. The van der Waals surface area contributed by atoms with Crippen molar-refractivity contribution in [3.63, 3.8) is 0 Å². The van der Waals surface area contributed by atoms with Gasteiger partial charge in [0.1, 0.15) is 0 Å². The Labute approximate surface area is 94.4 Å². The van der Waals surface area contributed by atoms with Crippen LogP contribution in [0.3, 0.4) is 0 Å². The van der Waals surface area contributed by atoms with Crippen LogP contribution >= 0.6 is 23.2 Å². The van der Waals surface area contributed by atoms with Crippen molar-refractivity contribution >= 4 is 23.2 Å². The van der Waals surface area contributed by atoms with Crippen molar-refractivity contribution in [1.82, 2.24) is 5.43 Å². The molecule has 0 saturated heterocycles. The molecule has 0 saturated carbocycles. The third-order valence-electron chi connectivity index (χ3n) is 2.16. The Morgan fingerprint density at radius 3 is 2.43 bits per heavy atom. The van der Waals surface area contributed by atoms with Crippen LogP contribution in [0.15, 0.2) is 18.2 Å². The van der Waals surface area contributed by atoms with Gasteiger partial charge in [-0.15, -0.1) is 0 Å². The van der Waals surface area contributed by atoms with Gasteiger partial charge in [-0.1, -0.05) is 49.2 Å². The Morgan fingerprint density at radius 2 is 1.93 bits per heavy atom. The summed E-state index contributed by atoms with van der Waals surface area (Å²) in [5.41, 5.74) is 3.68. The van der Waals surface area contributed by atoms with Gasteiger partial charge in [0.2, 0.25) is 0 Å². The van der Waals surface area contributed by atoms with Gasteiger partial charge in [0.15, 0.2) is 0 Å². The highest BCUT2D eigenvalue weighted by atomic mass is 35.5. The van der Waals surface area contributed by atoms with Crippen LogP contribution in [-0.4, -0.2) is 0 Å². The molecule has 0 heterocycles. The molecule has 1 rings (SSSR count). The van der Waals surface area contributed by atoms with E-state index in [1.54, 1.807) is 6.07 Å². The monoisotopic (exact) mass is 232 g/mol. The maximum Gasteiger partial charge on any atom is 0.0640 e. The van der Waals surface area contributed by atoms with Crippen molar-refractivity contribution in [3.05, 3.63) is 33.8 Å². The van der Waals surface area contributed by atoms with Crippen LogP contribution in [0.5, 0.6) is 0 Å². The molecule has 0 fully saturated rings. The minimum absolute atomic E-state index is 0.0289. The molecule has 1 aromatic rings. The van der Waals surface area contributed by atoms with Gasteiger partial charge in [-0.3, -0.25) is 11.3 Å². The molecule has 1 unspecified atom stereocenters. The summed E-state index contributed by atoms with van der Waals surface area (Å²) in [6.07, 6.45) is 0. The normalized spacial score (nSPS) is 13.3. The van der Waals surface area contributed by atoms with Crippen molar-refractivity contribution in [1.29, 1.82) is 0 Å². The highest BCUT2D eigenvalue weighted by Crippen LogP contribution is 2.32. The minimum atomic E-state index is 0.0289. The van der Waals surface area contributed by atoms with Crippen LogP contribution in [0.2, 0.25) is 10.0 Å². The molecule has 2 nitrogen and oxygen atoms in total. The molecule has 0 spiro atoms. The van der Waals surface area contributed by atoms with Crippen molar-refractivity contribution in [2.45, 2.75) is 19.9 Å². The average molecular weight is 233 g/mol. The fourth-order valence-electron chi connectivity index (χ4n) is 1.40. The van der Waals surface area contributed by atoms with Gasteiger partial charge in [0.05, 0.1) is 10.0 Å². The van der Waals surface area contributed by atoms with E-state index in [-0.39, 0.29) is 6.04 Å². The Kier molecular flexibility index (Phi) is 4.20. The maximum absolute atomic E-state index is 6.08. The molecule has 4 heteroatoms. The van der Waals surface area contributed by atoms with E-state index in [2.05, 4.69) is 19.3 Å². The first-order valence-electron chi connectivity index (χ1n) is 4.48. The number of hydrazine groups is 1. The second-order valence-electron chi connectivity index (χ2n) is 3.53. The largest absolute Gasteiger partial charge is 0.271 e. The standard InChI is InChI=1S/C10H14Cl2N2/c1-6(2)10(14-13)7-4-3-5-8(11)9(7)12/h3-6,10,14H,13H2,1-2H3. The maximum atomic E-state index is 6.08. The fraction of sp³-hybridized carbons (Fsp3) is 0.400. The third-order valence-corrected chi connectivity index (χ3v) is 3.00.